The molecule has 0 saturated carbocycles. The van der Waals surface area contributed by atoms with Crippen molar-refractivity contribution < 1.29 is 13.6 Å². The lowest BCUT2D eigenvalue weighted by Crippen LogP contribution is -2.30. The van der Waals surface area contributed by atoms with Crippen molar-refractivity contribution in [3.63, 3.8) is 0 Å². The zero-order valence-corrected chi connectivity index (χ0v) is 13.5. The second kappa shape index (κ2) is 7.47. The molecule has 0 radical (unpaired) electrons. The third-order valence-corrected chi connectivity index (χ3v) is 3.49. The third-order valence-electron chi connectivity index (χ3n) is 3.00. The number of amides is 1. The number of carbonyl (C=O) groups is 1. The number of halogens is 3. The second-order valence-corrected chi connectivity index (χ2v) is 5.88. The van der Waals surface area contributed by atoms with Gasteiger partial charge in [0, 0.05) is 22.3 Å². The summed E-state index contributed by atoms with van der Waals surface area (Å²) in [5.74, 6) is -0.923. The summed E-state index contributed by atoms with van der Waals surface area (Å²) in [6.45, 7) is 0.419. The molecule has 0 aliphatic rings. The van der Waals surface area contributed by atoms with Gasteiger partial charge in [0.1, 0.15) is 11.6 Å². The summed E-state index contributed by atoms with van der Waals surface area (Å²) in [5.41, 5.74) is 1.04. The first-order valence-electron chi connectivity index (χ1n) is 6.62. The first kappa shape index (κ1) is 16.6. The number of anilines is 1. The van der Waals surface area contributed by atoms with E-state index in [9.17, 15) is 13.6 Å². The molecule has 2 aromatic carbocycles. The highest BCUT2D eigenvalue weighted by atomic mass is 79.9. The number of hydrogen-bond acceptors (Lipinski definition) is 2. The third kappa shape index (κ3) is 4.89. The Morgan fingerprint density at radius 1 is 1.18 bits per heavy atom. The van der Waals surface area contributed by atoms with E-state index in [-0.39, 0.29) is 24.1 Å². The molecule has 0 atom stereocenters. The minimum atomic E-state index is -0.360. The van der Waals surface area contributed by atoms with E-state index in [1.165, 1.54) is 30.3 Å². The van der Waals surface area contributed by atoms with Crippen LogP contribution in [0.2, 0.25) is 0 Å². The van der Waals surface area contributed by atoms with Crippen molar-refractivity contribution in [2.75, 3.05) is 18.9 Å². The lowest BCUT2D eigenvalue weighted by atomic mass is 10.2. The van der Waals surface area contributed by atoms with Crippen LogP contribution in [0.3, 0.4) is 0 Å². The van der Waals surface area contributed by atoms with Crippen LogP contribution >= 0.6 is 15.9 Å². The molecule has 0 unspecified atom stereocenters. The molecule has 3 nitrogen and oxygen atoms in total. The molecule has 116 valence electrons. The molecule has 2 aromatic rings. The summed E-state index contributed by atoms with van der Waals surface area (Å²) in [6.07, 6.45) is 0. The maximum Gasteiger partial charge on any atom is 0.238 e. The van der Waals surface area contributed by atoms with Gasteiger partial charge in [0.2, 0.25) is 5.91 Å². The van der Waals surface area contributed by atoms with Gasteiger partial charge in [0.15, 0.2) is 0 Å². The fourth-order valence-corrected chi connectivity index (χ4v) is 2.31. The highest BCUT2D eigenvalue weighted by molar-refractivity contribution is 9.10. The van der Waals surface area contributed by atoms with E-state index >= 15 is 0 Å². The molecular formula is C16H15BrF2N2O. The van der Waals surface area contributed by atoms with Crippen molar-refractivity contribution >= 4 is 27.5 Å². The molecule has 6 heteroatoms. The minimum absolute atomic E-state index is 0.104. The Balaban J connectivity index is 1.89. The van der Waals surface area contributed by atoms with Gasteiger partial charge in [0.25, 0.3) is 0 Å². The highest BCUT2D eigenvalue weighted by Crippen LogP contribution is 2.16. The summed E-state index contributed by atoms with van der Waals surface area (Å²) in [6, 6.07) is 10.3. The number of nitrogens with zero attached hydrogens (tertiary/aromatic N) is 1. The molecule has 2 rings (SSSR count). The van der Waals surface area contributed by atoms with Gasteiger partial charge in [0.05, 0.1) is 6.54 Å². The SMILES string of the molecule is CN(CC(=O)Nc1ccc(F)cc1)Cc1ccc(Br)cc1F. The molecule has 0 aromatic heterocycles. The molecule has 0 saturated heterocycles. The molecule has 0 spiro atoms. The van der Waals surface area contributed by atoms with Gasteiger partial charge in [-0.25, -0.2) is 8.78 Å². The maximum atomic E-state index is 13.7. The van der Waals surface area contributed by atoms with Crippen LogP contribution in [0.25, 0.3) is 0 Å². The normalized spacial score (nSPS) is 10.8. The Bertz CT molecular complexity index is 662. The van der Waals surface area contributed by atoms with E-state index in [1.54, 1.807) is 24.1 Å². The Morgan fingerprint density at radius 3 is 2.50 bits per heavy atom. The van der Waals surface area contributed by atoms with Crippen molar-refractivity contribution in [1.29, 1.82) is 0 Å². The number of benzene rings is 2. The van der Waals surface area contributed by atoms with Gasteiger partial charge in [-0.15, -0.1) is 0 Å². The zero-order valence-electron chi connectivity index (χ0n) is 11.9. The number of likely N-dealkylation sites (N-methyl/N-ethyl adjacent to an activating group) is 1. The van der Waals surface area contributed by atoms with Crippen LogP contribution in [-0.4, -0.2) is 24.4 Å². The summed E-state index contributed by atoms with van der Waals surface area (Å²) in [4.78, 5) is 13.6. The van der Waals surface area contributed by atoms with Gasteiger partial charge < -0.3 is 5.32 Å². The van der Waals surface area contributed by atoms with Crippen molar-refractivity contribution in [1.82, 2.24) is 4.90 Å². The lowest BCUT2D eigenvalue weighted by Gasteiger charge is -2.17. The fourth-order valence-electron chi connectivity index (χ4n) is 1.98. The molecule has 0 heterocycles. The molecule has 0 aliphatic carbocycles. The van der Waals surface area contributed by atoms with Crippen LogP contribution in [0.4, 0.5) is 14.5 Å². The lowest BCUT2D eigenvalue weighted by molar-refractivity contribution is -0.117. The first-order chi connectivity index (χ1) is 10.4. The van der Waals surface area contributed by atoms with E-state index < -0.39 is 0 Å². The van der Waals surface area contributed by atoms with Crippen LogP contribution in [0.5, 0.6) is 0 Å². The summed E-state index contributed by atoms with van der Waals surface area (Å²) in [7, 11) is 1.73. The maximum absolute atomic E-state index is 13.7. The molecule has 1 amide bonds. The molecule has 1 N–H and O–H groups in total. The summed E-state index contributed by atoms with van der Waals surface area (Å²) < 4.78 is 27.2. The van der Waals surface area contributed by atoms with Crippen LogP contribution < -0.4 is 5.32 Å². The van der Waals surface area contributed by atoms with E-state index in [2.05, 4.69) is 21.2 Å². The smallest absolute Gasteiger partial charge is 0.238 e. The summed E-state index contributed by atoms with van der Waals surface area (Å²) in [5, 5.41) is 2.66. The number of hydrogen-bond donors (Lipinski definition) is 1. The number of rotatable bonds is 5. The Labute approximate surface area is 136 Å². The van der Waals surface area contributed by atoms with E-state index in [0.717, 1.165) is 0 Å². The number of carbonyl (C=O) groups excluding carboxylic acids is 1. The Hall–Kier alpha value is -1.79. The minimum Gasteiger partial charge on any atom is -0.325 e. The van der Waals surface area contributed by atoms with Crippen molar-refractivity contribution in [3.05, 3.63) is 64.1 Å². The monoisotopic (exact) mass is 368 g/mol. The van der Waals surface area contributed by atoms with Crippen molar-refractivity contribution in [2.45, 2.75) is 6.54 Å². The number of nitrogens with one attached hydrogen (secondary N) is 1. The van der Waals surface area contributed by atoms with Crippen molar-refractivity contribution in [3.8, 4) is 0 Å². The Morgan fingerprint density at radius 2 is 1.86 bits per heavy atom. The predicted octanol–water partition coefficient (Wildman–Crippen LogP) is 3.80. The van der Waals surface area contributed by atoms with E-state index in [1.807, 2.05) is 0 Å². The first-order valence-corrected chi connectivity index (χ1v) is 7.41. The quantitative estimate of drug-likeness (QED) is 0.870. The van der Waals surface area contributed by atoms with Gasteiger partial charge in [-0.1, -0.05) is 22.0 Å². The highest BCUT2D eigenvalue weighted by Gasteiger charge is 2.10. The topological polar surface area (TPSA) is 32.3 Å². The van der Waals surface area contributed by atoms with Gasteiger partial charge in [-0.05, 0) is 43.4 Å². The molecular weight excluding hydrogens is 354 g/mol. The van der Waals surface area contributed by atoms with Crippen LogP contribution in [0.15, 0.2) is 46.9 Å². The van der Waals surface area contributed by atoms with Gasteiger partial charge >= 0.3 is 0 Å². The molecule has 22 heavy (non-hydrogen) atoms. The zero-order chi connectivity index (χ0) is 16.1. The van der Waals surface area contributed by atoms with E-state index in [4.69, 9.17) is 0 Å². The van der Waals surface area contributed by atoms with Crippen LogP contribution in [-0.2, 0) is 11.3 Å². The van der Waals surface area contributed by atoms with Crippen LogP contribution in [0.1, 0.15) is 5.56 Å². The predicted molar refractivity (Wildman–Crippen MR) is 85.5 cm³/mol. The fraction of sp³-hybridized carbons (Fsp3) is 0.188. The van der Waals surface area contributed by atoms with Crippen LogP contribution in [0, 0.1) is 11.6 Å². The molecule has 0 fully saturated rings. The second-order valence-electron chi connectivity index (χ2n) is 4.96. The average molecular weight is 369 g/mol. The molecule has 0 aliphatic heterocycles. The Kier molecular flexibility index (Phi) is 5.63. The van der Waals surface area contributed by atoms with Crippen molar-refractivity contribution in [2.24, 2.45) is 0 Å². The van der Waals surface area contributed by atoms with E-state index in [0.29, 0.717) is 22.3 Å². The van der Waals surface area contributed by atoms with Gasteiger partial charge in [-0.2, -0.15) is 0 Å². The standard InChI is InChI=1S/C16H15BrF2N2O/c1-21(9-11-2-3-12(17)8-15(11)19)10-16(22)20-14-6-4-13(18)5-7-14/h2-8H,9-10H2,1H3,(H,20,22). The molecule has 0 bridgehead atoms. The van der Waals surface area contributed by atoms with Gasteiger partial charge in [-0.3, -0.25) is 9.69 Å². The summed E-state index contributed by atoms with van der Waals surface area (Å²) >= 11 is 3.20. The average Bonchev–Trinajstić information content (AvgIpc) is 2.44. The largest absolute Gasteiger partial charge is 0.325 e.